The molecule has 1 aliphatic heterocycles. The zero-order chi connectivity index (χ0) is 19.5. The quantitative estimate of drug-likeness (QED) is 0.462. The molecule has 1 saturated heterocycles. The molecule has 7 nitrogen and oxygen atoms in total. The van der Waals surface area contributed by atoms with Gasteiger partial charge in [-0.2, -0.15) is 0 Å². The van der Waals surface area contributed by atoms with Crippen LogP contribution in [0.15, 0.2) is 65.3 Å². The monoisotopic (exact) mass is 377 g/mol. The van der Waals surface area contributed by atoms with Crippen molar-refractivity contribution in [3.05, 3.63) is 82.2 Å². The van der Waals surface area contributed by atoms with Gasteiger partial charge in [0.05, 0.1) is 17.6 Å². The van der Waals surface area contributed by atoms with Gasteiger partial charge in [-0.3, -0.25) is 19.8 Å². The first-order valence-electron chi connectivity index (χ1n) is 9.07. The van der Waals surface area contributed by atoms with Gasteiger partial charge < -0.3 is 4.42 Å². The number of nitro groups is 1. The van der Waals surface area contributed by atoms with Crippen molar-refractivity contribution in [3.8, 4) is 11.5 Å². The average Bonchev–Trinajstić information content (AvgIpc) is 3.19. The molecule has 0 atom stereocenters. The number of aromatic nitrogens is 1. The van der Waals surface area contributed by atoms with Crippen molar-refractivity contribution < 1.29 is 14.1 Å². The first kappa shape index (κ1) is 18.1. The number of benzene rings is 1. The number of rotatable bonds is 7. The predicted molar refractivity (Wildman–Crippen MR) is 103 cm³/mol. The molecule has 28 heavy (non-hydrogen) atoms. The second-order valence-corrected chi connectivity index (χ2v) is 6.92. The highest BCUT2D eigenvalue weighted by Gasteiger charge is 2.33. The average molecular weight is 377 g/mol. The van der Waals surface area contributed by atoms with E-state index in [-0.39, 0.29) is 29.5 Å². The van der Waals surface area contributed by atoms with Crippen LogP contribution in [0.1, 0.15) is 11.3 Å². The molecule has 0 amide bonds. The lowest BCUT2D eigenvalue weighted by molar-refractivity contribution is -0.385. The van der Waals surface area contributed by atoms with E-state index in [0.29, 0.717) is 24.5 Å². The Bertz CT molecular complexity index is 980. The molecule has 7 heteroatoms. The van der Waals surface area contributed by atoms with Crippen LogP contribution < -0.4 is 0 Å². The van der Waals surface area contributed by atoms with E-state index in [1.165, 1.54) is 24.0 Å². The smallest absolute Gasteiger partial charge is 0.291 e. The second kappa shape index (κ2) is 7.74. The molecule has 0 unspecified atom stereocenters. The lowest BCUT2D eigenvalue weighted by Gasteiger charge is -2.38. The largest absolute Gasteiger partial charge is 0.463 e. The molecule has 0 radical (unpaired) electrons. The Kier molecular flexibility index (Phi) is 4.99. The molecule has 142 valence electrons. The van der Waals surface area contributed by atoms with Crippen LogP contribution in [0.4, 0.5) is 5.69 Å². The van der Waals surface area contributed by atoms with Gasteiger partial charge >= 0.3 is 0 Å². The van der Waals surface area contributed by atoms with Crippen LogP contribution >= 0.6 is 0 Å². The van der Waals surface area contributed by atoms with Gasteiger partial charge in [0.1, 0.15) is 17.2 Å². The van der Waals surface area contributed by atoms with E-state index in [2.05, 4.69) is 22.0 Å². The Hall–Kier alpha value is -3.32. The molecule has 0 bridgehead atoms. The van der Waals surface area contributed by atoms with Gasteiger partial charge in [-0.1, -0.05) is 30.3 Å². The number of hydrogen-bond acceptors (Lipinski definition) is 6. The fourth-order valence-electron chi connectivity index (χ4n) is 3.41. The molecule has 3 heterocycles. The predicted octanol–water partition coefficient (Wildman–Crippen LogP) is 3.49. The van der Waals surface area contributed by atoms with Crippen molar-refractivity contribution in [1.29, 1.82) is 0 Å². The molecule has 1 aliphatic rings. The molecule has 0 spiro atoms. The van der Waals surface area contributed by atoms with Crippen LogP contribution in [-0.4, -0.2) is 33.7 Å². The van der Waals surface area contributed by atoms with Crippen molar-refractivity contribution >= 4 is 11.5 Å². The van der Waals surface area contributed by atoms with Gasteiger partial charge in [-0.15, -0.1) is 0 Å². The van der Waals surface area contributed by atoms with Gasteiger partial charge in [0.15, 0.2) is 5.76 Å². The molecule has 1 fully saturated rings. The highest BCUT2D eigenvalue weighted by atomic mass is 16.6. The number of nitrogens with zero attached hydrogens (tertiary/aromatic N) is 3. The van der Waals surface area contributed by atoms with E-state index < -0.39 is 4.92 Å². The molecule has 4 rings (SSSR count). The Labute approximate surface area is 161 Å². The Morgan fingerprint density at radius 1 is 1.14 bits per heavy atom. The van der Waals surface area contributed by atoms with Crippen LogP contribution in [0.5, 0.6) is 0 Å². The molecule has 0 N–H and O–H groups in total. The molecular weight excluding hydrogens is 358 g/mol. The zero-order valence-corrected chi connectivity index (χ0v) is 15.2. The Morgan fingerprint density at radius 2 is 1.93 bits per heavy atom. The topological polar surface area (TPSA) is 89.5 Å². The van der Waals surface area contributed by atoms with Gasteiger partial charge in [0.25, 0.3) is 5.69 Å². The Morgan fingerprint density at radius 3 is 2.61 bits per heavy atom. The lowest BCUT2D eigenvalue weighted by Crippen LogP contribution is -2.50. The number of furan rings is 1. The van der Waals surface area contributed by atoms with Gasteiger partial charge in [0, 0.05) is 31.6 Å². The minimum atomic E-state index is -0.496. The summed E-state index contributed by atoms with van der Waals surface area (Å²) in [6.45, 7) is 2.13. The maximum absolute atomic E-state index is 12.7. The van der Waals surface area contributed by atoms with Gasteiger partial charge in [-0.05, 0) is 23.8 Å². The van der Waals surface area contributed by atoms with Gasteiger partial charge in [-0.25, -0.2) is 4.98 Å². The summed E-state index contributed by atoms with van der Waals surface area (Å²) in [6.07, 6.45) is 1.47. The van der Waals surface area contributed by atoms with Crippen molar-refractivity contribution in [3.63, 3.8) is 0 Å². The van der Waals surface area contributed by atoms with E-state index in [1.54, 1.807) is 12.1 Å². The number of carbonyl (C=O) groups is 1. The van der Waals surface area contributed by atoms with Crippen LogP contribution in [0.2, 0.25) is 0 Å². The molecule has 1 aromatic carbocycles. The van der Waals surface area contributed by atoms with Crippen molar-refractivity contribution in [2.75, 3.05) is 13.1 Å². The molecular formula is C21H19N3O4. The van der Waals surface area contributed by atoms with Crippen molar-refractivity contribution in [2.45, 2.75) is 13.0 Å². The fraction of sp³-hybridized carbons (Fsp3) is 0.238. The maximum atomic E-state index is 12.7. The van der Waals surface area contributed by atoms with Crippen LogP contribution in [-0.2, 0) is 17.8 Å². The van der Waals surface area contributed by atoms with Crippen LogP contribution in [0.25, 0.3) is 11.5 Å². The summed E-state index contributed by atoms with van der Waals surface area (Å²) in [5.41, 5.74) is 1.74. The molecule has 0 saturated carbocycles. The maximum Gasteiger partial charge on any atom is 0.291 e. The normalized spacial score (nSPS) is 14.6. The number of hydrogen-bond donors (Lipinski definition) is 0. The van der Waals surface area contributed by atoms with Crippen LogP contribution in [0, 0.1) is 16.0 Å². The van der Waals surface area contributed by atoms with E-state index >= 15 is 0 Å². The Balaban J connectivity index is 1.43. The molecule has 3 aromatic rings. The summed E-state index contributed by atoms with van der Waals surface area (Å²) in [6, 6.07) is 16.5. The molecule has 0 aliphatic carbocycles. The number of carbonyl (C=O) groups excluding carboxylic acids is 1. The zero-order valence-electron chi connectivity index (χ0n) is 15.2. The van der Waals surface area contributed by atoms with Crippen molar-refractivity contribution in [1.82, 2.24) is 9.88 Å². The summed E-state index contributed by atoms with van der Waals surface area (Å²) in [4.78, 5) is 30.0. The summed E-state index contributed by atoms with van der Waals surface area (Å²) in [7, 11) is 0. The minimum absolute atomic E-state index is 0.0171. The third-order valence-corrected chi connectivity index (χ3v) is 4.92. The number of pyridine rings is 1. The van der Waals surface area contributed by atoms with E-state index in [1.807, 2.05) is 18.2 Å². The standard InChI is InChI=1S/C21H19N3O4/c25-20(16-13-23(14-16)12-15-5-2-1-3-6-15)11-18-19(24(26)27)9-8-17(22-18)21-7-4-10-28-21/h1-10,16H,11-14H2. The third kappa shape index (κ3) is 3.84. The van der Waals surface area contributed by atoms with Crippen molar-refractivity contribution in [2.24, 2.45) is 5.92 Å². The van der Waals surface area contributed by atoms with E-state index in [9.17, 15) is 14.9 Å². The lowest BCUT2D eigenvalue weighted by atomic mass is 9.91. The molecule has 2 aromatic heterocycles. The van der Waals surface area contributed by atoms with Gasteiger partial charge in [0.2, 0.25) is 0 Å². The van der Waals surface area contributed by atoms with E-state index in [4.69, 9.17) is 4.42 Å². The number of likely N-dealkylation sites (tertiary alicyclic amines) is 1. The van der Waals surface area contributed by atoms with E-state index in [0.717, 1.165) is 6.54 Å². The highest BCUT2D eigenvalue weighted by Crippen LogP contribution is 2.26. The third-order valence-electron chi connectivity index (χ3n) is 4.92. The summed E-state index contributed by atoms with van der Waals surface area (Å²) in [5.74, 6) is 0.384. The minimum Gasteiger partial charge on any atom is -0.463 e. The summed E-state index contributed by atoms with van der Waals surface area (Å²) < 4.78 is 5.31. The fourth-order valence-corrected chi connectivity index (χ4v) is 3.41. The SMILES string of the molecule is O=C(Cc1nc(-c2ccco2)ccc1[N+](=O)[O-])C1CN(Cc2ccccc2)C1. The second-order valence-electron chi connectivity index (χ2n) is 6.92. The first-order chi connectivity index (χ1) is 13.6. The number of Topliss-reactive ketones (excluding diaryl/α,β-unsaturated/α-hetero) is 1. The number of ketones is 1. The summed E-state index contributed by atoms with van der Waals surface area (Å²) >= 11 is 0. The van der Waals surface area contributed by atoms with Crippen LogP contribution in [0.3, 0.4) is 0 Å². The first-order valence-corrected chi connectivity index (χ1v) is 9.07. The summed E-state index contributed by atoms with van der Waals surface area (Å²) in [5, 5.41) is 11.3. The highest BCUT2D eigenvalue weighted by molar-refractivity contribution is 5.85.